The average molecular weight is 432 g/mol. The van der Waals surface area contributed by atoms with E-state index in [1.54, 1.807) is 24.3 Å². The highest BCUT2D eigenvalue weighted by atomic mass is 19.1. The molecular weight excluding hydrogens is 396 g/mol. The van der Waals surface area contributed by atoms with Crippen LogP contribution in [0.15, 0.2) is 48.5 Å². The summed E-state index contributed by atoms with van der Waals surface area (Å²) in [6.45, 7) is 3.91. The van der Waals surface area contributed by atoms with Crippen molar-refractivity contribution in [2.24, 2.45) is 5.92 Å². The summed E-state index contributed by atoms with van der Waals surface area (Å²) in [5.41, 5.74) is -0.207. The van der Waals surface area contributed by atoms with Crippen molar-refractivity contribution in [1.82, 2.24) is 4.90 Å². The molecule has 2 atom stereocenters. The number of hydrogen-bond acceptors (Lipinski definition) is 3. The number of likely N-dealkylation sites (tertiary alicyclic amines) is 1. The predicted octanol–water partition coefficient (Wildman–Crippen LogP) is 5.59. The fourth-order valence-corrected chi connectivity index (χ4v) is 4.81. The third-order valence-corrected chi connectivity index (χ3v) is 6.65. The summed E-state index contributed by atoms with van der Waals surface area (Å²) >= 11 is 0. The molecule has 1 aliphatic rings. The fourth-order valence-electron chi connectivity index (χ4n) is 4.81. The minimum atomic E-state index is -1.39. The molecular formula is C26H35F2NO2. The van der Waals surface area contributed by atoms with Crippen molar-refractivity contribution in [3.63, 3.8) is 0 Å². The second-order valence-corrected chi connectivity index (χ2v) is 8.77. The molecule has 2 aromatic rings. The van der Waals surface area contributed by atoms with E-state index in [2.05, 4.69) is 11.8 Å². The standard InChI is InChI=1S/C26H35F2NO2/c1-2-3-7-20(12-17-25(30)29-18-5-4-6-19-29)26(31,21-8-13-23(27)14-9-21)22-10-15-24(28)16-11-22/h8-11,13-16,20,25,30-31H,2-7,12,17-19H2,1H3. The van der Waals surface area contributed by atoms with E-state index in [0.29, 0.717) is 24.0 Å². The molecule has 0 aromatic heterocycles. The molecule has 0 saturated carbocycles. The van der Waals surface area contributed by atoms with Gasteiger partial charge in [-0.1, -0.05) is 50.5 Å². The van der Waals surface area contributed by atoms with Gasteiger partial charge in [0.15, 0.2) is 0 Å². The summed E-state index contributed by atoms with van der Waals surface area (Å²) in [5.74, 6) is -0.922. The van der Waals surface area contributed by atoms with E-state index in [4.69, 9.17) is 0 Å². The second kappa shape index (κ2) is 11.2. The number of halogens is 2. The maximum Gasteiger partial charge on any atom is 0.123 e. The molecule has 3 rings (SSSR count). The van der Waals surface area contributed by atoms with Crippen molar-refractivity contribution in [3.8, 4) is 0 Å². The third kappa shape index (κ3) is 5.91. The Morgan fingerprint density at radius 2 is 1.35 bits per heavy atom. The Kier molecular flexibility index (Phi) is 8.58. The zero-order valence-corrected chi connectivity index (χ0v) is 18.4. The van der Waals surface area contributed by atoms with E-state index in [1.807, 2.05) is 0 Å². The number of benzene rings is 2. The summed E-state index contributed by atoms with van der Waals surface area (Å²) in [7, 11) is 0. The summed E-state index contributed by atoms with van der Waals surface area (Å²) in [6, 6.07) is 11.8. The lowest BCUT2D eigenvalue weighted by atomic mass is 9.72. The highest BCUT2D eigenvalue weighted by Gasteiger charge is 2.40. The number of unbranched alkanes of at least 4 members (excludes halogenated alkanes) is 1. The molecule has 5 heteroatoms. The number of hydrogen-bond donors (Lipinski definition) is 2. The summed E-state index contributed by atoms with van der Waals surface area (Å²) in [4.78, 5) is 2.12. The van der Waals surface area contributed by atoms with Gasteiger partial charge in [-0.2, -0.15) is 0 Å². The molecule has 31 heavy (non-hydrogen) atoms. The van der Waals surface area contributed by atoms with Crippen molar-refractivity contribution >= 4 is 0 Å². The first kappa shape index (κ1) is 23.8. The van der Waals surface area contributed by atoms with Gasteiger partial charge >= 0.3 is 0 Å². The molecule has 2 aromatic carbocycles. The molecule has 2 N–H and O–H groups in total. The van der Waals surface area contributed by atoms with Gasteiger partial charge in [-0.15, -0.1) is 0 Å². The Labute approximate surface area is 184 Å². The molecule has 1 aliphatic heterocycles. The van der Waals surface area contributed by atoms with Crippen LogP contribution >= 0.6 is 0 Å². The lowest BCUT2D eigenvalue weighted by molar-refractivity contribution is -0.0362. The van der Waals surface area contributed by atoms with Crippen molar-refractivity contribution in [3.05, 3.63) is 71.3 Å². The summed E-state index contributed by atoms with van der Waals surface area (Å²) in [6.07, 6.45) is 6.71. The highest BCUT2D eigenvalue weighted by molar-refractivity contribution is 5.37. The average Bonchev–Trinajstić information content (AvgIpc) is 2.80. The van der Waals surface area contributed by atoms with Crippen molar-refractivity contribution in [1.29, 1.82) is 0 Å². The van der Waals surface area contributed by atoms with Crippen LogP contribution < -0.4 is 0 Å². The van der Waals surface area contributed by atoms with E-state index in [1.165, 1.54) is 30.7 Å². The molecule has 1 heterocycles. The maximum absolute atomic E-state index is 13.6. The topological polar surface area (TPSA) is 43.7 Å². The molecule has 0 spiro atoms. The van der Waals surface area contributed by atoms with E-state index >= 15 is 0 Å². The molecule has 1 saturated heterocycles. The van der Waals surface area contributed by atoms with Gasteiger partial charge in [0.2, 0.25) is 0 Å². The monoisotopic (exact) mass is 431 g/mol. The fraction of sp³-hybridized carbons (Fsp3) is 0.538. The van der Waals surface area contributed by atoms with Crippen LogP contribution in [0.25, 0.3) is 0 Å². The SMILES string of the molecule is CCCCC(CCC(O)N1CCCCC1)C(O)(c1ccc(F)cc1)c1ccc(F)cc1. The summed E-state index contributed by atoms with van der Waals surface area (Å²) in [5, 5.41) is 22.9. The van der Waals surface area contributed by atoms with Gasteiger partial charge in [0.25, 0.3) is 0 Å². The molecule has 3 nitrogen and oxygen atoms in total. The molecule has 0 radical (unpaired) electrons. The Morgan fingerprint density at radius 1 is 0.839 bits per heavy atom. The molecule has 170 valence electrons. The lowest BCUT2D eigenvalue weighted by Gasteiger charge is -2.39. The van der Waals surface area contributed by atoms with Crippen LogP contribution in [0.1, 0.15) is 69.4 Å². The number of aliphatic hydroxyl groups excluding tert-OH is 1. The van der Waals surface area contributed by atoms with Crippen LogP contribution in [0.3, 0.4) is 0 Å². The van der Waals surface area contributed by atoms with E-state index in [-0.39, 0.29) is 17.6 Å². The van der Waals surface area contributed by atoms with Crippen molar-refractivity contribution < 1.29 is 19.0 Å². The third-order valence-electron chi connectivity index (χ3n) is 6.65. The van der Waals surface area contributed by atoms with E-state index < -0.39 is 11.8 Å². The number of nitrogens with zero attached hydrogens (tertiary/aromatic N) is 1. The van der Waals surface area contributed by atoms with Crippen LogP contribution in [0.4, 0.5) is 8.78 Å². The van der Waals surface area contributed by atoms with Crippen LogP contribution in [-0.2, 0) is 5.60 Å². The number of rotatable bonds is 10. The Bertz CT molecular complexity index is 743. The molecule has 1 fully saturated rings. The molecule has 2 unspecified atom stereocenters. The molecule has 0 aliphatic carbocycles. The van der Waals surface area contributed by atoms with Crippen LogP contribution in [-0.4, -0.2) is 34.4 Å². The van der Waals surface area contributed by atoms with Crippen LogP contribution in [0.2, 0.25) is 0 Å². The first-order valence-electron chi connectivity index (χ1n) is 11.6. The highest BCUT2D eigenvalue weighted by Crippen LogP contribution is 2.42. The van der Waals surface area contributed by atoms with E-state index in [9.17, 15) is 19.0 Å². The minimum Gasteiger partial charge on any atom is -0.380 e. The van der Waals surface area contributed by atoms with Gasteiger partial charge in [-0.05, 0) is 73.4 Å². The lowest BCUT2D eigenvalue weighted by Crippen LogP contribution is -2.41. The summed E-state index contributed by atoms with van der Waals surface area (Å²) < 4.78 is 27.2. The first-order valence-corrected chi connectivity index (χ1v) is 11.6. The first-order chi connectivity index (χ1) is 14.9. The largest absolute Gasteiger partial charge is 0.380 e. The van der Waals surface area contributed by atoms with Gasteiger partial charge in [0.05, 0.1) is 0 Å². The van der Waals surface area contributed by atoms with Gasteiger partial charge in [-0.3, -0.25) is 4.90 Å². The Balaban J connectivity index is 1.90. The van der Waals surface area contributed by atoms with Crippen LogP contribution in [0.5, 0.6) is 0 Å². The van der Waals surface area contributed by atoms with Gasteiger partial charge in [0, 0.05) is 13.1 Å². The smallest absolute Gasteiger partial charge is 0.123 e. The van der Waals surface area contributed by atoms with Gasteiger partial charge in [-0.25, -0.2) is 8.78 Å². The van der Waals surface area contributed by atoms with Crippen molar-refractivity contribution in [2.75, 3.05) is 13.1 Å². The number of piperidine rings is 1. The Hall–Kier alpha value is -1.82. The van der Waals surface area contributed by atoms with Gasteiger partial charge < -0.3 is 10.2 Å². The van der Waals surface area contributed by atoms with Crippen molar-refractivity contribution in [2.45, 2.75) is 70.1 Å². The molecule has 0 bridgehead atoms. The minimum absolute atomic E-state index is 0.192. The quantitative estimate of drug-likeness (QED) is 0.515. The zero-order chi connectivity index (χ0) is 22.3. The van der Waals surface area contributed by atoms with Gasteiger partial charge in [0.1, 0.15) is 23.5 Å². The number of aliphatic hydroxyl groups is 2. The van der Waals surface area contributed by atoms with Crippen LogP contribution in [0, 0.1) is 17.6 Å². The predicted molar refractivity (Wildman–Crippen MR) is 119 cm³/mol. The molecule has 0 amide bonds. The Morgan fingerprint density at radius 3 is 1.84 bits per heavy atom. The maximum atomic E-state index is 13.6. The van der Waals surface area contributed by atoms with E-state index in [0.717, 1.165) is 45.2 Å². The second-order valence-electron chi connectivity index (χ2n) is 8.77. The normalized spacial score (nSPS) is 17.5. The zero-order valence-electron chi connectivity index (χ0n) is 18.4.